The molecule has 100 valence electrons. The van der Waals surface area contributed by atoms with Gasteiger partial charge in [0.2, 0.25) is 5.91 Å². The van der Waals surface area contributed by atoms with Gasteiger partial charge >= 0.3 is 0 Å². The summed E-state index contributed by atoms with van der Waals surface area (Å²) in [5.74, 6) is 0.456. The quantitative estimate of drug-likeness (QED) is 0.832. The molecule has 0 heterocycles. The molecule has 0 spiro atoms. The molecule has 1 unspecified atom stereocenters. The number of nitrogens with two attached hydrogens (primary N) is 1. The van der Waals surface area contributed by atoms with Gasteiger partial charge in [0.15, 0.2) is 0 Å². The minimum absolute atomic E-state index is 0.0149. The first kappa shape index (κ1) is 15.5. The summed E-state index contributed by atoms with van der Waals surface area (Å²) in [5.41, 5.74) is 6.11. The molecule has 1 rings (SSSR count). The average Bonchev–Trinajstić information content (AvgIpc) is 2.32. The van der Waals surface area contributed by atoms with Gasteiger partial charge in [0, 0.05) is 10.9 Å². The molecule has 1 atom stereocenters. The molecule has 0 radical (unpaired) electrons. The summed E-state index contributed by atoms with van der Waals surface area (Å²) in [5, 5.41) is 3.36. The van der Waals surface area contributed by atoms with Crippen LogP contribution in [0.15, 0.2) is 22.7 Å². The summed E-state index contributed by atoms with van der Waals surface area (Å²) in [6.07, 6.45) is 2.28. The Kier molecular flexibility index (Phi) is 6.68. The molecule has 0 bridgehead atoms. The number of anilines is 1. The Labute approximate surface area is 121 Å². The second kappa shape index (κ2) is 7.77. The summed E-state index contributed by atoms with van der Waals surface area (Å²) in [7, 11) is 0. The van der Waals surface area contributed by atoms with Crippen molar-refractivity contribution in [3.63, 3.8) is 0 Å². The molecule has 5 heteroatoms. The van der Waals surface area contributed by atoms with Crippen molar-refractivity contribution in [1.29, 1.82) is 0 Å². The number of carbonyl (C=O) groups excluding carboxylic acids is 1. The Morgan fingerprint density at radius 3 is 2.89 bits per heavy atom. The third-order valence-corrected chi connectivity index (χ3v) is 3.55. The molecule has 1 amide bonds. The van der Waals surface area contributed by atoms with Crippen LogP contribution >= 0.6 is 27.5 Å². The maximum absolute atomic E-state index is 11.8. The lowest BCUT2D eigenvalue weighted by molar-refractivity contribution is -0.116. The lowest BCUT2D eigenvalue weighted by Gasteiger charge is -2.11. The number of halogens is 2. The van der Waals surface area contributed by atoms with E-state index in [-0.39, 0.29) is 5.91 Å². The van der Waals surface area contributed by atoms with Crippen LogP contribution in [0.5, 0.6) is 0 Å². The van der Waals surface area contributed by atoms with Crippen LogP contribution in [0.2, 0.25) is 5.02 Å². The molecule has 0 aliphatic heterocycles. The van der Waals surface area contributed by atoms with Crippen LogP contribution in [0.4, 0.5) is 5.69 Å². The molecule has 18 heavy (non-hydrogen) atoms. The maximum Gasteiger partial charge on any atom is 0.224 e. The van der Waals surface area contributed by atoms with Crippen molar-refractivity contribution in [2.24, 2.45) is 11.7 Å². The number of hydrogen-bond acceptors (Lipinski definition) is 2. The zero-order valence-corrected chi connectivity index (χ0v) is 12.7. The van der Waals surface area contributed by atoms with E-state index in [1.807, 2.05) is 6.07 Å². The van der Waals surface area contributed by atoms with Crippen LogP contribution in [-0.2, 0) is 4.79 Å². The SMILES string of the molecule is CC(CCN)CCC(=O)Nc1cc(Br)ccc1Cl. The molecule has 1 aromatic rings. The summed E-state index contributed by atoms with van der Waals surface area (Å²) < 4.78 is 0.888. The van der Waals surface area contributed by atoms with E-state index in [2.05, 4.69) is 28.2 Å². The highest BCUT2D eigenvalue weighted by Gasteiger charge is 2.08. The standard InChI is InChI=1S/C13H18BrClN2O/c1-9(6-7-16)2-5-13(18)17-12-8-10(14)3-4-11(12)15/h3-4,8-9H,2,5-7,16H2,1H3,(H,17,18). The minimum Gasteiger partial charge on any atom is -0.330 e. The monoisotopic (exact) mass is 332 g/mol. The van der Waals surface area contributed by atoms with E-state index < -0.39 is 0 Å². The number of carbonyl (C=O) groups is 1. The smallest absolute Gasteiger partial charge is 0.224 e. The molecule has 0 aliphatic rings. The van der Waals surface area contributed by atoms with E-state index in [0.29, 0.717) is 29.6 Å². The number of amides is 1. The second-order valence-corrected chi connectivity index (χ2v) is 5.72. The number of benzene rings is 1. The van der Waals surface area contributed by atoms with Gasteiger partial charge in [-0.25, -0.2) is 0 Å². The normalized spacial score (nSPS) is 12.2. The largest absolute Gasteiger partial charge is 0.330 e. The van der Waals surface area contributed by atoms with Crippen LogP contribution in [0.3, 0.4) is 0 Å². The van der Waals surface area contributed by atoms with Crippen molar-refractivity contribution in [2.45, 2.75) is 26.2 Å². The van der Waals surface area contributed by atoms with E-state index in [1.54, 1.807) is 12.1 Å². The Hall–Kier alpha value is -0.580. The van der Waals surface area contributed by atoms with Crippen molar-refractivity contribution in [1.82, 2.24) is 0 Å². The van der Waals surface area contributed by atoms with E-state index in [0.717, 1.165) is 17.3 Å². The topological polar surface area (TPSA) is 55.1 Å². The van der Waals surface area contributed by atoms with Gasteiger partial charge in [0.25, 0.3) is 0 Å². The van der Waals surface area contributed by atoms with Crippen LogP contribution in [0.1, 0.15) is 26.2 Å². The van der Waals surface area contributed by atoms with Gasteiger partial charge in [-0.05, 0) is 43.5 Å². The maximum atomic E-state index is 11.8. The zero-order chi connectivity index (χ0) is 13.5. The fourth-order valence-corrected chi connectivity index (χ4v) is 2.14. The molecule has 0 aromatic heterocycles. The average molecular weight is 334 g/mol. The van der Waals surface area contributed by atoms with Crippen LogP contribution < -0.4 is 11.1 Å². The van der Waals surface area contributed by atoms with Gasteiger partial charge in [-0.3, -0.25) is 4.79 Å². The number of hydrogen-bond donors (Lipinski definition) is 2. The molecular weight excluding hydrogens is 316 g/mol. The number of rotatable bonds is 6. The van der Waals surface area contributed by atoms with Gasteiger partial charge in [0.05, 0.1) is 10.7 Å². The Morgan fingerprint density at radius 1 is 1.50 bits per heavy atom. The van der Waals surface area contributed by atoms with Gasteiger partial charge in [0.1, 0.15) is 0 Å². The van der Waals surface area contributed by atoms with E-state index in [9.17, 15) is 4.79 Å². The van der Waals surface area contributed by atoms with E-state index in [1.165, 1.54) is 0 Å². The van der Waals surface area contributed by atoms with Gasteiger partial charge in [-0.2, -0.15) is 0 Å². The Morgan fingerprint density at radius 2 is 2.22 bits per heavy atom. The van der Waals surface area contributed by atoms with Crippen molar-refractivity contribution in [3.05, 3.63) is 27.7 Å². The molecule has 3 N–H and O–H groups in total. The first-order chi connectivity index (χ1) is 8.52. The van der Waals surface area contributed by atoms with Crippen LogP contribution in [0, 0.1) is 5.92 Å². The second-order valence-electron chi connectivity index (χ2n) is 4.39. The fourth-order valence-electron chi connectivity index (χ4n) is 1.61. The number of nitrogens with one attached hydrogen (secondary N) is 1. The first-order valence-corrected chi connectivity index (χ1v) is 7.15. The fraction of sp³-hybridized carbons (Fsp3) is 0.462. The third-order valence-electron chi connectivity index (χ3n) is 2.73. The molecule has 3 nitrogen and oxygen atoms in total. The third kappa shape index (κ3) is 5.38. The van der Waals surface area contributed by atoms with Crippen molar-refractivity contribution in [3.8, 4) is 0 Å². The predicted octanol–water partition coefficient (Wildman–Crippen LogP) is 3.81. The molecule has 1 aromatic carbocycles. The minimum atomic E-state index is -0.0149. The van der Waals surface area contributed by atoms with Gasteiger partial charge in [-0.1, -0.05) is 34.5 Å². The highest BCUT2D eigenvalue weighted by atomic mass is 79.9. The van der Waals surface area contributed by atoms with Crippen molar-refractivity contribution < 1.29 is 4.79 Å². The molecular formula is C13H18BrClN2O. The molecule has 0 saturated heterocycles. The summed E-state index contributed by atoms with van der Waals surface area (Å²) in [4.78, 5) is 11.8. The summed E-state index contributed by atoms with van der Waals surface area (Å²) in [6.45, 7) is 2.77. The Balaban J connectivity index is 2.47. The first-order valence-electron chi connectivity index (χ1n) is 5.98. The zero-order valence-electron chi connectivity index (χ0n) is 10.4. The van der Waals surface area contributed by atoms with E-state index >= 15 is 0 Å². The molecule has 0 saturated carbocycles. The summed E-state index contributed by atoms with van der Waals surface area (Å²) >= 11 is 9.35. The van der Waals surface area contributed by atoms with E-state index in [4.69, 9.17) is 17.3 Å². The van der Waals surface area contributed by atoms with Crippen molar-refractivity contribution in [2.75, 3.05) is 11.9 Å². The summed E-state index contributed by atoms with van der Waals surface area (Å²) in [6, 6.07) is 5.38. The molecule has 0 fully saturated rings. The van der Waals surface area contributed by atoms with Crippen molar-refractivity contribution >= 4 is 39.1 Å². The van der Waals surface area contributed by atoms with Crippen LogP contribution in [-0.4, -0.2) is 12.5 Å². The lowest BCUT2D eigenvalue weighted by Crippen LogP contribution is -2.14. The highest BCUT2D eigenvalue weighted by molar-refractivity contribution is 9.10. The predicted molar refractivity (Wildman–Crippen MR) is 79.9 cm³/mol. The molecule has 0 aliphatic carbocycles. The highest BCUT2D eigenvalue weighted by Crippen LogP contribution is 2.26. The lowest BCUT2D eigenvalue weighted by atomic mass is 10.0. The van der Waals surface area contributed by atoms with Crippen LogP contribution in [0.25, 0.3) is 0 Å². The van der Waals surface area contributed by atoms with Gasteiger partial charge < -0.3 is 11.1 Å². The Bertz CT molecular complexity index is 412. The van der Waals surface area contributed by atoms with Gasteiger partial charge in [-0.15, -0.1) is 0 Å².